The Hall–Kier alpha value is -2.36. The van der Waals surface area contributed by atoms with Crippen molar-refractivity contribution in [3.05, 3.63) is 59.4 Å². The first-order chi connectivity index (χ1) is 15.8. The molecule has 10 heteroatoms. The highest BCUT2D eigenvalue weighted by molar-refractivity contribution is 7.90. The van der Waals surface area contributed by atoms with Gasteiger partial charge in [-0.15, -0.1) is 0 Å². The smallest absolute Gasteiger partial charge is 0.331 e. The third-order valence-electron chi connectivity index (χ3n) is 6.21. The van der Waals surface area contributed by atoms with E-state index in [-0.39, 0.29) is 21.8 Å². The number of rotatable bonds is 5. The summed E-state index contributed by atoms with van der Waals surface area (Å²) in [5.41, 5.74) is 0. The Labute approximate surface area is 198 Å². The summed E-state index contributed by atoms with van der Waals surface area (Å²) < 4.78 is 46.1. The number of halogens is 2. The molecule has 178 valence electrons. The van der Waals surface area contributed by atoms with Gasteiger partial charge in [0.25, 0.3) is 10.0 Å². The van der Waals surface area contributed by atoms with E-state index >= 15 is 0 Å². The Balaban J connectivity index is 1.23. The monoisotopic (exact) mass is 495 g/mol. The topological polar surface area (TPSA) is 79.0 Å². The first-order valence-electron chi connectivity index (χ1n) is 11.0. The van der Waals surface area contributed by atoms with Crippen LogP contribution >= 0.6 is 11.6 Å². The number of carbonyl (C=O) groups excluding carboxylic acids is 1. The Morgan fingerprint density at radius 2 is 1.67 bits per heavy atom. The molecule has 7 nitrogen and oxygen atoms in total. The molecular weight excluding hydrogens is 469 g/mol. The molecule has 1 N–H and O–H groups in total. The highest BCUT2D eigenvalue weighted by atomic mass is 35.5. The first-order valence-corrected chi connectivity index (χ1v) is 12.9. The molecule has 2 aliphatic heterocycles. The SMILES string of the molecule is O=C(NS(=O)(=O)c1ccccc1)N1CCC(N2CCC(Oc3ccc(F)cc3Cl)CC2)CC1. The second-order valence-electron chi connectivity index (χ2n) is 8.37. The van der Waals surface area contributed by atoms with Crippen molar-refractivity contribution in [2.45, 2.75) is 42.7 Å². The van der Waals surface area contributed by atoms with Gasteiger partial charge in [-0.1, -0.05) is 29.8 Å². The quantitative estimate of drug-likeness (QED) is 0.681. The summed E-state index contributed by atoms with van der Waals surface area (Å²) in [7, 11) is -3.88. The molecular formula is C23H27ClFN3O4S. The fourth-order valence-electron chi connectivity index (χ4n) is 4.38. The van der Waals surface area contributed by atoms with Crippen molar-refractivity contribution in [1.82, 2.24) is 14.5 Å². The Morgan fingerprint density at radius 1 is 1.00 bits per heavy atom. The summed E-state index contributed by atoms with van der Waals surface area (Å²) in [6.07, 6.45) is 3.27. The lowest BCUT2D eigenvalue weighted by atomic mass is 9.99. The van der Waals surface area contributed by atoms with Crippen LogP contribution in [-0.2, 0) is 10.0 Å². The van der Waals surface area contributed by atoms with Crippen molar-refractivity contribution in [1.29, 1.82) is 0 Å². The lowest BCUT2D eigenvalue weighted by Gasteiger charge is -2.41. The summed E-state index contributed by atoms with van der Waals surface area (Å²) in [4.78, 5) is 16.5. The predicted molar refractivity (Wildman–Crippen MR) is 123 cm³/mol. The molecule has 0 atom stereocenters. The minimum Gasteiger partial charge on any atom is -0.489 e. The Kier molecular flexibility index (Phi) is 7.41. The summed E-state index contributed by atoms with van der Waals surface area (Å²) in [5, 5.41) is 0.275. The van der Waals surface area contributed by atoms with Crippen molar-refractivity contribution in [3.63, 3.8) is 0 Å². The zero-order chi connectivity index (χ0) is 23.4. The van der Waals surface area contributed by atoms with Gasteiger partial charge in [-0.3, -0.25) is 4.90 Å². The van der Waals surface area contributed by atoms with E-state index in [1.807, 2.05) is 0 Å². The van der Waals surface area contributed by atoms with Crippen LogP contribution in [0.3, 0.4) is 0 Å². The van der Waals surface area contributed by atoms with Gasteiger partial charge in [0.2, 0.25) is 0 Å². The first kappa shape index (κ1) is 23.8. The molecule has 2 fully saturated rings. The van der Waals surface area contributed by atoms with Crippen LogP contribution in [0.4, 0.5) is 9.18 Å². The lowest BCUT2D eigenvalue weighted by Crippen LogP contribution is -2.52. The van der Waals surface area contributed by atoms with Gasteiger partial charge >= 0.3 is 6.03 Å². The Bertz CT molecular complexity index is 1070. The van der Waals surface area contributed by atoms with E-state index in [0.717, 1.165) is 38.8 Å². The summed E-state index contributed by atoms with van der Waals surface area (Å²) in [6.45, 7) is 2.73. The molecule has 0 bridgehead atoms. The van der Waals surface area contributed by atoms with Crippen LogP contribution in [0, 0.1) is 5.82 Å². The molecule has 0 unspecified atom stereocenters. The minimum atomic E-state index is -3.88. The van der Waals surface area contributed by atoms with E-state index in [1.54, 1.807) is 29.2 Å². The second kappa shape index (κ2) is 10.3. The number of likely N-dealkylation sites (tertiary alicyclic amines) is 2. The second-order valence-corrected chi connectivity index (χ2v) is 10.5. The van der Waals surface area contributed by atoms with Gasteiger partial charge in [0.05, 0.1) is 9.92 Å². The predicted octanol–water partition coefficient (Wildman–Crippen LogP) is 3.89. The largest absolute Gasteiger partial charge is 0.489 e. The van der Waals surface area contributed by atoms with Crippen molar-refractivity contribution in [2.24, 2.45) is 0 Å². The number of ether oxygens (including phenoxy) is 1. The third kappa shape index (κ3) is 5.96. The number of nitrogens with one attached hydrogen (secondary N) is 1. The van der Waals surface area contributed by atoms with E-state index in [2.05, 4.69) is 9.62 Å². The van der Waals surface area contributed by atoms with Gasteiger partial charge in [-0.25, -0.2) is 22.3 Å². The van der Waals surface area contributed by atoms with E-state index in [0.29, 0.717) is 24.9 Å². The molecule has 4 rings (SSSR count). The number of carbonyl (C=O) groups is 1. The highest BCUT2D eigenvalue weighted by Gasteiger charge is 2.31. The van der Waals surface area contributed by atoms with Gasteiger partial charge in [0.1, 0.15) is 17.7 Å². The molecule has 0 aromatic heterocycles. The molecule has 0 spiro atoms. The summed E-state index contributed by atoms with van der Waals surface area (Å²) in [6, 6.07) is 11.8. The van der Waals surface area contributed by atoms with E-state index in [9.17, 15) is 17.6 Å². The van der Waals surface area contributed by atoms with Crippen LogP contribution in [-0.4, -0.2) is 62.6 Å². The molecule has 0 radical (unpaired) electrons. The molecule has 2 heterocycles. The van der Waals surface area contributed by atoms with E-state index in [4.69, 9.17) is 16.3 Å². The fourth-order valence-corrected chi connectivity index (χ4v) is 5.59. The normalized spacial score (nSPS) is 18.8. The van der Waals surface area contributed by atoms with Crippen LogP contribution in [0.25, 0.3) is 0 Å². The van der Waals surface area contributed by atoms with Crippen molar-refractivity contribution in [3.8, 4) is 5.75 Å². The van der Waals surface area contributed by atoms with E-state index in [1.165, 1.54) is 24.3 Å². The fraction of sp³-hybridized carbons (Fsp3) is 0.435. The van der Waals surface area contributed by atoms with Crippen LogP contribution in [0.15, 0.2) is 53.4 Å². The molecule has 0 aliphatic carbocycles. The zero-order valence-corrected chi connectivity index (χ0v) is 19.7. The van der Waals surface area contributed by atoms with Crippen molar-refractivity contribution in [2.75, 3.05) is 26.2 Å². The maximum absolute atomic E-state index is 13.2. The third-order valence-corrected chi connectivity index (χ3v) is 7.84. The molecule has 2 aromatic rings. The van der Waals surface area contributed by atoms with Crippen LogP contribution in [0.1, 0.15) is 25.7 Å². The van der Waals surface area contributed by atoms with Gasteiger partial charge in [-0.05, 0) is 56.0 Å². The summed E-state index contributed by atoms with van der Waals surface area (Å²) in [5.74, 6) is 0.112. The average Bonchev–Trinajstić information content (AvgIpc) is 2.82. The molecule has 2 saturated heterocycles. The van der Waals surface area contributed by atoms with E-state index < -0.39 is 16.1 Å². The molecule has 2 aromatic carbocycles. The lowest BCUT2D eigenvalue weighted by molar-refractivity contribution is 0.0540. The molecule has 2 aliphatic rings. The van der Waals surface area contributed by atoms with Gasteiger partial charge in [-0.2, -0.15) is 0 Å². The van der Waals surface area contributed by atoms with Crippen molar-refractivity contribution < 1.29 is 22.3 Å². The minimum absolute atomic E-state index is 0.0262. The average molecular weight is 496 g/mol. The Morgan fingerprint density at radius 3 is 2.30 bits per heavy atom. The standard InChI is InChI=1S/C23H27ClFN3O4S/c24-21-16-17(25)6-7-22(21)32-19-10-14-27(15-11-19)18-8-12-28(13-9-18)23(29)26-33(30,31)20-4-2-1-3-5-20/h1-7,16,18-19H,8-15H2,(H,26,29). The maximum atomic E-state index is 13.2. The van der Waals surface area contributed by atoms with Crippen LogP contribution < -0.4 is 9.46 Å². The number of hydrogen-bond donors (Lipinski definition) is 1. The van der Waals surface area contributed by atoms with Crippen LogP contribution in [0.2, 0.25) is 5.02 Å². The maximum Gasteiger partial charge on any atom is 0.331 e. The van der Waals surface area contributed by atoms with Gasteiger partial charge in [0, 0.05) is 32.2 Å². The van der Waals surface area contributed by atoms with Crippen LogP contribution in [0.5, 0.6) is 5.75 Å². The van der Waals surface area contributed by atoms with Gasteiger partial charge in [0.15, 0.2) is 0 Å². The highest BCUT2D eigenvalue weighted by Crippen LogP contribution is 2.29. The summed E-state index contributed by atoms with van der Waals surface area (Å²) >= 11 is 6.06. The molecule has 2 amide bonds. The molecule has 0 saturated carbocycles. The number of benzene rings is 2. The number of piperidine rings is 2. The number of urea groups is 1. The zero-order valence-electron chi connectivity index (χ0n) is 18.1. The number of amides is 2. The van der Waals surface area contributed by atoms with Crippen molar-refractivity contribution >= 4 is 27.7 Å². The number of hydrogen-bond acceptors (Lipinski definition) is 5. The van der Waals surface area contributed by atoms with Gasteiger partial charge < -0.3 is 9.64 Å². The number of nitrogens with zero attached hydrogens (tertiary/aromatic N) is 2. The number of sulfonamides is 1. The molecule has 33 heavy (non-hydrogen) atoms.